The fourth-order valence-electron chi connectivity index (χ4n) is 5.15. The van der Waals surface area contributed by atoms with Crippen LogP contribution in [-0.2, 0) is 9.59 Å². The lowest BCUT2D eigenvalue weighted by atomic mass is 9.99. The Labute approximate surface area is 136 Å². The average Bonchev–Trinajstić information content (AvgIpc) is 2.95. The molecule has 3 saturated carbocycles. The van der Waals surface area contributed by atoms with Crippen molar-refractivity contribution in [2.75, 3.05) is 0 Å². The number of aliphatic carboxylic acids is 1. The van der Waals surface area contributed by atoms with Crippen LogP contribution < -0.4 is 5.32 Å². The van der Waals surface area contributed by atoms with E-state index in [4.69, 9.17) is 0 Å². The molecule has 0 saturated heterocycles. The summed E-state index contributed by atoms with van der Waals surface area (Å²) in [5.41, 5.74) is 2.82. The number of aryl methyl sites for hydroxylation is 2. The van der Waals surface area contributed by atoms with E-state index in [2.05, 4.69) is 5.32 Å². The van der Waals surface area contributed by atoms with Crippen molar-refractivity contribution >= 4 is 11.9 Å². The van der Waals surface area contributed by atoms with Crippen molar-refractivity contribution in [2.24, 2.45) is 29.6 Å². The third-order valence-corrected chi connectivity index (χ3v) is 6.44. The molecule has 4 rings (SSSR count). The summed E-state index contributed by atoms with van der Waals surface area (Å²) in [7, 11) is 0. The Bertz CT molecular complexity index is 667. The van der Waals surface area contributed by atoms with Crippen LogP contribution in [0.15, 0.2) is 18.2 Å². The largest absolute Gasteiger partial charge is 0.479 e. The highest BCUT2D eigenvalue weighted by atomic mass is 16.4. The van der Waals surface area contributed by atoms with Gasteiger partial charge in [0.1, 0.15) is 0 Å². The molecular formula is C19H23NO3. The molecule has 1 aromatic rings. The van der Waals surface area contributed by atoms with Gasteiger partial charge in [-0.3, -0.25) is 4.79 Å². The summed E-state index contributed by atoms with van der Waals surface area (Å²) in [6.07, 6.45) is 3.81. The van der Waals surface area contributed by atoms with Gasteiger partial charge in [0.15, 0.2) is 6.04 Å². The maximum atomic E-state index is 12.6. The fraction of sp³-hybridized carbons (Fsp3) is 0.579. The highest BCUT2D eigenvalue weighted by molar-refractivity contribution is 5.88. The first kappa shape index (κ1) is 14.7. The van der Waals surface area contributed by atoms with Gasteiger partial charge >= 0.3 is 5.97 Å². The summed E-state index contributed by atoms with van der Waals surface area (Å²) >= 11 is 0. The van der Waals surface area contributed by atoms with Crippen molar-refractivity contribution in [1.29, 1.82) is 0 Å². The molecule has 122 valence electrons. The van der Waals surface area contributed by atoms with E-state index in [1.165, 1.54) is 19.3 Å². The molecule has 2 bridgehead atoms. The van der Waals surface area contributed by atoms with Gasteiger partial charge in [-0.15, -0.1) is 0 Å². The SMILES string of the molecule is Cc1ccc(C(NC(=O)C2C3C4CCC(C4)C23)C(=O)O)cc1C. The summed E-state index contributed by atoms with van der Waals surface area (Å²) in [5, 5.41) is 12.3. The Morgan fingerprint density at radius 2 is 1.78 bits per heavy atom. The number of hydrogen-bond acceptors (Lipinski definition) is 2. The smallest absolute Gasteiger partial charge is 0.330 e. The zero-order valence-electron chi connectivity index (χ0n) is 13.6. The molecule has 3 aliphatic carbocycles. The third-order valence-electron chi connectivity index (χ3n) is 6.44. The van der Waals surface area contributed by atoms with Crippen LogP contribution in [-0.4, -0.2) is 17.0 Å². The van der Waals surface area contributed by atoms with Crippen molar-refractivity contribution < 1.29 is 14.7 Å². The molecule has 0 radical (unpaired) electrons. The van der Waals surface area contributed by atoms with Crippen LogP contribution in [0.3, 0.4) is 0 Å². The van der Waals surface area contributed by atoms with Crippen molar-refractivity contribution in [1.82, 2.24) is 5.32 Å². The van der Waals surface area contributed by atoms with Crippen molar-refractivity contribution in [3.05, 3.63) is 34.9 Å². The van der Waals surface area contributed by atoms with Gasteiger partial charge in [-0.2, -0.15) is 0 Å². The van der Waals surface area contributed by atoms with Crippen molar-refractivity contribution in [3.63, 3.8) is 0 Å². The van der Waals surface area contributed by atoms with Crippen LogP contribution in [0, 0.1) is 43.4 Å². The van der Waals surface area contributed by atoms with E-state index in [0.717, 1.165) is 11.1 Å². The van der Waals surface area contributed by atoms with Gasteiger partial charge in [-0.25, -0.2) is 4.79 Å². The summed E-state index contributed by atoms with van der Waals surface area (Å²) < 4.78 is 0. The molecule has 1 aromatic carbocycles. The Balaban J connectivity index is 1.50. The quantitative estimate of drug-likeness (QED) is 0.898. The minimum atomic E-state index is -0.990. The van der Waals surface area contributed by atoms with Gasteiger partial charge in [0.05, 0.1) is 0 Å². The van der Waals surface area contributed by atoms with Crippen LogP contribution in [0.2, 0.25) is 0 Å². The van der Waals surface area contributed by atoms with Crippen LogP contribution in [0.5, 0.6) is 0 Å². The van der Waals surface area contributed by atoms with E-state index in [1.54, 1.807) is 6.07 Å². The Morgan fingerprint density at radius 3 is 2.35 bits per heavy atom. The van der Waals surface area contributed by atoms with Crippen molar-refractivity contribution in [3.8, 4) is 0 Å². The number of rotatable bonds is 4. The molecule has 5 atom stereocenters. The molecule has 2 N–H and O–H groups in total. The normalized spacial score (nSPS) is 34.8. The molecule has 0 aliphatic heterocycles. The molecule has 3 aliphatic rings. The lowest BCUT2D eigenvalue weighted by molar-refractivity contribution is -0.142. The van der Waals surface area contributed by atoms with Crippen LogP contribution in [0.25, 0.3) is 0 Å². The summed E-state index contributed by atoms with van der Waals surface area (Å²) in [6, 6.07) is 4.64. The lowest BCUT2D eigenvalue weighted by Crippen LogP contribution is -2.36. The van der Waals surface area contributed by atoms with E-state index in [-0.39, 0.29) is 11.8 Å². The Hall–Kier alpha value is -1.84. The maximum Gasteiger partial charge on any atom is 0.330 e. The predicted molar refractivity (Wildman–Crippen MR) is 85.7 cm³/mol. The molecular weight excluding hydrogens is 290 g/mol. The fourth-order valence-corrected chi connectivity index (χ4v) is 5.15. The van der Waals surface area contributed by atoms with Crippen LogP contribution >= 0.6 is 0 Å². The molecule has 23 heavy (non-hydrogen) atoms. The summed E-state index contributed by atoms with van der Waals surface area (Å²) in [6.45, 7) is 3.96. The zero-order valence-corrected chi connectivity index (χ0v) is 13.6. The number of amides is 1. The molecule has 1 amide bonds. The number of carbonyl (C=O) groups is 2. The third kappa shape index (κ3) is 2.27. The number of hydrogen-bond donors (Lipinski definition) is 2. The second-order valence-corrected chi connectivity index (χ2v) is 7.64. The second-order valence-electron chi connectivity index (χ2n) is 7.64. The monoisotopic (exact) mass is 313 g/mol. The standard InChI is InChI=1S/C19H23NO3/c1-9-3-4-13(7-10(9)2)17(19(22)23)20-18(21)16-14-11-5-6-12(8-11)15(14)16/h3-4,7,11-12,14-17H,5-6,8H2,1-2H3,(H,20,21)(H,22,23). The first-order valence-corrected chi connectivity index (χ1v) is 8.57. The number of carboxylic acids is 1. The topological polar surface area (TPSA) is 66.4 Å². The lowest BCUT2D eigenvalue weighted by Gasteiger charge is -2.17. The molecule has 0 aromatic heterocycles. The number of carboxylic acid groups (broad SMARTS) is 1. The van der Waals surface area contributed by atoms with E-state index >= 15 is 0 Å². The predicted octanol–water partition coefficient (Wildman–Crippen LogP) is 2.84. The average molecular weight is 313 g/mol. The minimum Gasteiger partial charge on any atom is -0.479 e. The number of nitrogens with one attached hydrogen (secondary N) is 1. The Kier molecular flexibility index (Phi) is 3.26. The summed E-state index contributed by atoms with van der Waals surface area (Å²) in [5.74, 6) is 1.51. The molecule has 3 fully saturated rings. The molecule has 4 nitrogen and oxygen atoms in total. The van der Waals surface area contributed by atoms with Gasteiger partial charge in [-0.1, -0.05) is 18.2 Å². The number of fused-ring (bicyclic) bond motifs is 5. The van der Waals surface area contributed by atoms with Crippen molar-refractivity contribution in [2.45, 2.75) is 39.2 Å². The molecule has 0 heterocycles. The zero-order chi connectivity index (χ0) is 16.3. The van der Waals surface area contributed by atoms with E-state index in [1.807, 2.05) is 26.0 Å². The van der Waals surface area contributed by atoms with E-state index < -0.39 is 12.0 Å². The molecule has 4 heteroatoms. The van der Waals surface area contributed by atoms with Gasteiger partial charge in [0.25, 0.3) is 0 Å². The van der Waals surface area contributed by atoms with Gasteiger partial charge in [0, 0.05) is 5.92 Å². The summed E-state index contributed by atoms with van der Waals surface area (Å²) in [4.78, 5) is 24.3. The number of benzene rings is 1. The minimum absolute atomic E-state index is 0.0535. The van der Waals surface area contributed by atoms with Crippen LogP contribution in [0.1, 0.15) is 42.0 Å². The number of carbonyl (C=O) groups excluding carboxylic acids is 1. The van der Waals surface area contributed by atoms with Crippen LogP contribution in [0.4, 0.5) is 0 Å². The Morgan fingerprint density at radius 1 is 1.13 bits per heavy atom. The van der Waals surface area contributed by atoms with Gasteiger partial charge in [0.2, 0.25) is 5.91 Å². The first-order chi connectivity index (χ1) is 11.0. The van der Waals surface area contributed by atoms with E-state index in [0.29, 0.717) is 29.2 Å². The second kappa shape index (κ2) is 5.08. The highest BCUT2D eigenvalue weighted by Crippen LogP contribution is 2.69. The molecule has 0 spiro atoms. The van der Waals surface area contributed by atoms with Gasteiger partial charge < -0.3 is 10.4 Å². The maximum absolute atomic E-state index is 12.6. The van der Waals surface area contributed by atoms with Gasteiger partial charge in [-0.05, 0) is 73.5 Å². The molecule has 5 unspecified atom stereocenters. The highest BCUT2D eigenvalue weighted by Gasteiger charge is 2.67. The first-order valence-electron chi connectivity index (χ1n) is 8.57. The van der Waals surface area contributed by atoms with E-state index in [9.17, 15) is 14.7 Å².